The molecule has 0 aliphatic rings. The van der Waals surface area contributed by atoms with E-state index in [4.69, 9.17) is 18.9 Å². The molecule has 0 spiro atoms. The Bertz CT molecular complexity index is 1270. The number of phenolic OH excluding ortho intramolecular Hbond substituents is 4. The van der Waals surface area contributed by atoms with E-state index in [1.54, 1.807) is 72.8 Å². The van der Waals surface area contributed by atoms with E-state index >= 15 is 0 Å². The zero-order chi connectivity index (χ0) is 29.1. The molecule has 8 nitrogen and oxygen atoms in total. The standard InChI is InChI=1S/2C16H16O4/c2*1-19-15-9-11(5-7-13(15)17)3-4-12-6-8-14(18)16(10-12)20-2/h2*3-10,17-18H,1-2H3/b4-3+;4-3-. The lowest BCUT2D eigenvalue weighted by molar-refractivity contribution is 0.373. The van der Waals surface area contributed by atoms with Crippen molar-refractivity contribution in [3.05, 3.63) is 95.1 Å². The molecule has 0 aliphatic carbocycles. The number of methoxy groups -OCH3 is 4. The van der Waals surface area contributed by atoms with Gasteiger partial charge in [0.2, 0.25) is 0 Å². The summed E-state index contributed by atoms with van der Waals surface area (Å²) in [6.07, 6.45) is 7.53. The zero-order valence-electron chi connectivity index (χ0n) is 22.7. The van der Waals surface area contributed by atoms with E-state index in [-0.39, 0.29) is 23.0 Å². The van der Waals surface area contributed by atoms with Gasteiger partial charge < -0.3 is 39.4 Å². The molecule has 4 aromatic rings. The van der Waals surface area contributed by atoms with Crippen molar-refractivity contribution in [2.24, 2.45) is 0 Å². The largest absolute Gasteiger partial charge is 0.504 e. The van der Waals surface area contributed by atoms with Crippen LogP contribution in [0.4, 0.5) is 0 Å². The lowest BCUT2D eigenvalue weighted by Gasteiger charge is -2.05. The van der Waals surface area contributed by atoms with E-state index in [9.17, 15) is 20.4 Å². The summed E-state index contributed by atoms with van der Waals surface area (Å²) in [5, 5.41) is 38.1. The molecular formula is C32H32O8. The van der Waals surface area contributed by atoms with Gasteiger partial charge in [0.25, 0.3) is 0 Å². The molecule has 0 amide bonds. The predicted molar refractivity (Wildman–Crippen MR) is 156 cm³/mol. The Morgan fingerprint density at radius 1 is 0.375 bits per heavy atom. The summed E-state index contributed by atoms with van der Waals surface area (Å²) >= 11 is 0. The third kappa shape index (κ3) is 7.88. The van der Waals surface area contributed by atoms with Crippen LogP contribution in [0.5, 0.6) is 46.0 Å². The minimum atomic E-state index is 0.107. The van der Waals surface area contributed by atoms with Crippen LogP contribution in [0, 0.1) is 0 Å². The Kier molecular flexibility index (Phi) is 10.3. The molecule has 40 heavy (non-hydrogen) atoms. The van der Waals surface area contributed by atoms with Crippen LogP contribution in [-0.2, 0) is 0 Å². The molecule has 0 aliphatic heterocycles. The van der Waals surface area contributed by atoms with Gasteiger partial charge in [-0.15, -0.1) is 0 Å². The van der Waals surface area contributed by atoms with Crippen molar-refractivity contribution in [2.75, 3.05) is 28.4 Å². The fourth-order valence-electron chi connectivity index (χ4n) is 3.58. The molecule has 8 heteroatoms. The SMILES string of the molecule is COc1cc(/C=C/c2ccc(O)c(OC)c2)ccc1O.COc1cc(/C=C\c2ccc(O)c(OC)c2)ccc1O. The van der Waals surface area contributed by atoms with E-state index in [0.29, 0.717) is 23.0 Å². The van der Waals surface area contributed by atoms with Gasteiger partial charge in [-0.1, -0.05) is 48.6 Å². The molecule has 0 bridgehead atoms. The molecule has 4 N–H and O–H groups in total. The molecule has 0 unspecified atom stereocenters. The van der Waals surface area contributed by atoms with Gasteiger partial charge in [-0.2, -0.15) is 0 Å². The maximum absolute atomic E-state index is 9.53. The number of phenols is 4. The molecule has 4 aromatic carbocycles. The van der Waals surface area contributed by atoms with Crippen LogP contribution in [0.2, 0.25) is 0 Å². The van der Waals surface area contributed by atoms with E-state index < -0.39 is 0 Å². The molecule has 208 valence electrons. The zero-order valence-corrected chi connectivity index (χ0v) is 22.7. The average Bonchev–Trinajstić information content (AvgIpc) is 2.98. The van der Waals surface area contributed by atoms with Crippen LogP contribution in [-0.4, -0.2) is 48.9 Å². The topological polar surface area (TPSA) is 118 Å². The molecular weight excluding hydrogens is 512 g/mol. The molecule has 0 fully saturated rings. The summed E-state index contributed by atoms with van der Waals surface area (Å²) in [5.41, 5.74) is 3.58. The van der Waals surface area contributed by atoms with E-state index in [0.717, 1.165) is 22.3 Å². The van der Waals surface area contributed by atoms with Crippen molar-refractivity contribution in [3.8, 4) is 46.0 Å². The van der Waals surface area contributed by atoms with E-state index in [1.165, 1.54) is 28.4 Å². The van der Waals surface area contributed by atoms with Crippen molar-refractivity contribution in [2.45, 2.75) is 0 Å². The Balaban J connectivity index is 0.000000220. The van der Waals surface area contributed by atoms with E-state index in [1.807, 2.05) is 24.3 Å². The van der Waals surface area contributed by atoms with Gasteiger partial charge in [0.1, 0.15) is 0 Å². The highest BCUT2D eigenvalue weighted by molar-refractivity contribution is 5.73. The molecule has 0 radical (unpaired) electrons. The smallest absolute Gasteiger partial charge is 0.161 e. The predicted octanol–water partition coefficient (Wildman–Crippen LogP) is 6.57. The van der Waals surface area contributed by atoms with Crippen molar-refractivity contribution < 1.29 is 39.4 Å². The fourth-order valence-corrected chi connectivity index (χ4v) is 3.58. The quantitative estimate of drug-likeness (QED) is 0.184. The Morgan fingerprint density at radius 3 is 0.750 bits per heavy atom. The lowest BCUT2D eigenvalue weighted by Crippen LogP contribution is -1.85. The molecule has 0 aromatic heterocycles. The fraction of sp³-hybridized carbons (Fsp3) is 0.125. The number of rotatable bonds is 8. The minimum absolute atomic E-state index is 0.107. The first-order valence-electron chi connectivity index (χ1n) is 12.1. The molecule has 0 heterocycles. The lowest BCUT2D eigenvalue weighted by atomic mass is 10.1. The summed E-state index contributed by atoms with van der Waals surface area (Å²) in [7, 11) is 6.03. The second kappa shape index (κ2) is 14.1. The molecule has 0 atom stereocenters. The van der Waals surface area contributed by atoms with Gasteiger partial charge in [0.15, 0.2) is 46.0 Å². The number of ether oxygens (including phenoxy) is 4. The molecule has 0 saturated carbocycles. The van der Waals surface area contributed by atoms with Crippen LogP contribution in [0.1, 0.15) is 22.3 Å². The van der Waals surface area contributed by atoms with Gasteiger partial charge in [0, 0.05) is 0 Å². The number of hydrogen-bond donors (Lipinski definition) is 4. The summed E-state index contributed by atoms with van der Waals surface area (Å²) in [6, 6.07) is 20.4. The van der Waals surface area contributed by atoms with Crippen molar-refractivity contribution >= 4 is 24.3 Å². The van der Waals surface area contributed by atoms with Gasteiger partial charge >= 0.3 is 0 Å². The first-order chi connectivity index (χ1) is 19.3. The maximum atomic E-state index is 9.53. The monoisotopic (exact) mass is 544 g/mol. The average molecular weight is 545 g/mol. The van der Waals surface area contributed by atoms with Gasteiger partial charge in [0.05, 0.1) is 28.4 Å². The Hall–Kier alpha value is -5.24. The van der Waals surface area contributed by atoms with Crippen LogP contribution >= 0.6 is 0 Å². The third-order valence-electron chi connectivity index (χ3n) is 5.75. The van der Waals surface area contributed by atoms with Gasteiger partial charge in [-0.25, -0.2) is 0 Å². The highest BCUT2D eigenvalue weighted by Crippen LogP contribution is 2.30. The van der Waals surface area contributed by atoms with Crippen LogP contribution in [0.3, 0.4) is 0 Å². The summed E-state index contributed by atoms with van der Waals surface area (Å²) < 4.78 is 20.2. The molecule has 4 rings (SSSR count). The first-order valence-corrected chi connectivity index (χ1v) is 12.1. The van der Waals surface area contributed by atoms with Gasteiger partial charge in [-0.3, -0.25) is 0 Å². The summed E-state index contributed by atoms with van der Waals surface area (Å²) in [6.45, 7) is 0. The van der Waals surface area contributed by atoms with Crippen LogP contribution < -0.4 is 18.9 Å². The second-order valence-electron chi connectivity index (χ2n) is 8.39. The van der Waals surface area contributed by atoms with Crippen molar-refractivity contribution in [1.82, 2.24) is 0 Å². The minimum Gasteiger partial charge on any atom is -0.504 e. The van der Waals surface area contributed by atoms with Gasteiger partial charge in [-0.05, 0) is 70.8 Å². The number of hydrogen-bond acceptors (Lipinski definition) is 8. The summed E-state index contributed by atoms with van der Waals surface area (Å²) in [5.74, 6) is 2.13. The van der Waals surface area contributed by atoms with Crippen molar-refractivity contribution in [1.29, 1.82) is 0 Å². The van der Waals surface area contributed by atoms with Crippen LogP contribution in [0.15, 0.2) is 72.8 Å². The number of benzene rings is 4. The first kappa shape index (κ1) is 29.3. The second-order valence-corrected chi connectivity index (χ2v) is 8.39. The van der Waals surface area contributed by atoms with Crippen molar-refractivity contribution in [3.63, 3.8) is 0 Å². The normalized spacial score (nSPS) is 10.7. The maximum Gasteiger partial charge on any atom is 0.161 e. The molecule has 0 saturated heterocycles. The Morgan fingerprint density at radius 2 is 0.575 bits per heavy atom. The highest BCUT2D eigenvalue weighted by Gasteiger charge is 2.04. The third-order valence-corrected chi connectivity index (χ3v) is 5.75. The highest BCUT2D eigenvalue weighted by atomic mass is 16.5. The number of aromatic hydroxyl groups is 4. The Labute approximate surface area is 233 Å². The van der Waals surface area contributed by atoms with E-state index in [2.05, 4.69) is 0 Å². The summed E-state index contributed by atoms with van der Waals surface area (Å²) in [4.78, 5) is 0. The van der Waals surface area contributed by atoms with Crippen LogP contribution in [0.25, 0.3) is 24.3 Å².